The summed E-state index contributed by atoms with van der Waals surface area (Å²) in [5.74, 6) is -2.16. The van der Waals surface area contributed by atoms with E-state index < -0.39 is 42.1 Å². The topological polar surface area (TPSA) is 138 Å². The largest absolute Gasteiger partial charge is 0.385 e. The van der Waals surface area contributed by atoms with E-state index in [1.165, 1.54) is 10.9 Å². The summed E-state index contributed by atoms with van der Waals surface area (Å²) < 4.78 is 29.5. The van der Waals surface area contributed by atoms with E-state index in [-0.39, 0.29) is 29.7 Å². The molecule has 4 heterocycles. The highest BCUT2D eigenvalue weighted by molar-refractivity contribution is 6.23. The van der Waals surface area contributed by atoms with Crippen molar-refractivity contribution in [3.05, 3.63) is 71.0 Å². The van der Waals surface area contributed by atoms with Gasteiger partial charge in [-0.05, 0) is 49.6 Å². The van der Waals surface area contributed by atoms with Gasteiger partial charge in [-0.25, -0.2) is 8.78 Å². The van der Waals surface area contributed by atoms with Gasteiger partial charge in [-0.15, -0.1) is 0 Å². The summed E-state index contributed by atoms with van der Waals surface area (Å²) in [4.78, 5) is 54.9. The quantitative estimate of drug-likeness (QED) is 0.212. The van der Waals surface area contributed by atoms with E-state index in [2.05, 4.69) is 26.0 Å². The van der Waals surface area contributed by atoms with E-state index >= 15 is 0 Å². The first-order valence-corrected chi connectivity index (χ1v) is 14.6. The minimum absolute atomic E-state index is 0.0652. The zero-order valence-electron chi connectivity index (χ0n) is 23.8. The maximum Gasteiger partial charge on any atom is 0.280 e. The Morgan fingerprint density at radius 3 is 2.59 bits per heavy atom. The van der Waals surface area contributed by atoms with Crippen molar-refractivity contribution < 1.29 is 28.0 Å². The molecule has 44 heavy (non-hydrogen) atoms. The number of alkyl halides is 2. The van der Waals surface area contributed by atoms with Gasteiger partial charge >= 0.3 is 0 Å². The van der Waals surface area contributed by atoms with Crippen molar-refractivity contribution in [1.29, 1.82) is 0 Å². The van der Waals surface area contributed by atoms with E-state index in [4.69, 9.17) is 0 Å². The number of amides is 4. The van der Waals surface area contributed by atoms with Gasteiger partial charge in [0.05, 0.1) is 34.7 Å². The number of anilines is 2. The lowest BCUT2D eigenvalue weighted by Gasteiger charge is -2.27. The molecule has 0 radical (unpaired) electrons. The summed E-state index contributed by atoms with van der Waals surface area (Å²) in [5, 5.41) is 13.0. The number of carbonyl (C=O) groups is 4. The van der Waals surface area contributed by atoms with Crippen LogP contribution in [0.2, 0.25) is 0 Å². The lowest BCUT2D eigenvalue weighted by atomic mass is 10.0. The number of fused-ring (bicyclic) bond motifs is 2. The Balaban J connectivity index is 0.970. The van der Waals surface area contributed by atoms with Crippen LogP contribution in [0.25, 0.3) is 0 Å². The minimum Gasteiger partial charge on any atom is -0.385 e. The van der Waals surface area contributed by atoms with Crippen molar-refractivity contribution in [2.75, 3.05) is 17.2 Å². The number of rotatable bonds is 11. The summed E-state index contributed by atoms with van der Waals surface area (Å²) in [6.07, 6.45) is 3.77. The summed E-state index contributed by atoms with van der Waals surface area (Å²) in [5.41, 5.74) is 2.98. The Bertz CT molecular complexity index is 1650. The molecule has 2 atom stereocenters. The van der Waals surface area contributed by atoms with Gasteiger partial charge in [-0.3, -0.25) is 39.1 Å². The molecule has 0 aliphatic carbocycles. The molecule has 1 saturated heterocycles. The van der Waals surface area contributed by atoms with E-state index in [0.29, 0.717) is 30.8 Å². The Morgan fingerprint density at radius 1 is 0.977 bits per heavy atom. The number of aromatic nitrogens is 2. The highest BCUT2D eigenvalue weighted by Crippen LogP contribution is 2.35. The molecule has 1 aromatic heterocycles. The van der Waals surface area contributed by atoms with Gasteiger partial charge in [0.1, 0.15) is 11.7 Å². The number of carbonyl (C=O) groups excluding carboxylic acids is 4. The van der Waals surface area contributed by atoms with E-state index in [1.54, 1.807) is 24.4 Å². The molecule has 0 bridgehead atoms. The van der Waals surface area contributed by atoms with Gasteiger partial charge in [0, 0.05) is 37.0 Å². The number of benzene rings is 2. The molecular weight excluding hydrogens is 572 g/mol. The molecule has 3 aliphatic rings. The average Bonchev–Trinajstić information content (AvgIpc) is 3.55. The second-order valence-corrected chi connectivity index (χ2v) is 11.0. The van der Waals surface area contributed by atoms with Crippen LogP contribution >= 0.6 is 0 Å². The van der Waals surface area contributed by atoms with Crippen molar-refractivity contribution in [2.45, 2.75) is 63.6 Å². The number of hydrogen-bond donors (Lipinski definition) is 3. The summed E-state index contributed by atoms with van der Waals surface area (Å²) in [7, 11) is 0. The van der Waals surface area contributed by atoms with Gasteiger partial charge in [0.15, 0.2) is 0 Å². The van der Waals surface area contributed by atoms with Gasteiger partial charge < -0.3 is 10.6 Å². The van der Waals surface area contributed by atoms with Gasteiger partial charge in [-0.2, -0.15) is 5.10 Å². The third-order valence-corrected chi connectivity index (χ3v) is 8.10. The van der Waals surface area contributed by atoms with Gasteiger partial charge in [0.25, 0.3) is 18.2 Å². The smallest absolute Gasteiger partial charge is 0.280 e. The van der Waals surface area contributed by atoms with Gasteiger partial charge in [0.2, 0.25) is 11.8 Å². The van der Waals surface area contributed by atoms with Crippen LogP contribution in [0.3, 0.4) is 0 Å². The molecule has 11 nitrogen and oxygen atoms in total. The normalized spacial score (nSPS) is 19.2. The van der Waals surface area contributed by atoms with Crippen molar-refractivity contribution in [2.24, 2.45) is 4.99 Å². The minimum atomic E-state index is -2.67. The standard InChI is InChI=1S/C31H31F2N7O4/c32-28(33)27-21(24-17-35-22-7-3-4-8-23(22)37-24)16-36-39(27)14-6-2-1-5-13-34-18-9-10-19-20(15-18)31(44)40(30(19)43)25-11-12-26(41)38-29(25)42/h3-4,7-10,15-17,24-25,28,34,37H,1-2,5-6,11-14H2,(H,38,41,42). The molecule has 1 fully saturated rings. The Morgan fingerprint density at radius 2 is 1.77 bits per heavy atom. The number of aryl methyl sites for hydroxylation is 1. The molecule has 6 rings (SSSR count). The zero-order chi connectivity index (χ0) is 30.8. The summed E-state index contributed by atoms with van der Waals surface area (Å²) >= 11 is 0. The molecule has 13 heteroatoms. The number of halogens is 2. The number of aliphatic imine (C=N–C) groups is 1. The van der Waals surface area contributed by atoms with Crippen LogP contribution in [-0.2, 0) is 16.1 Å². The number of para-hydroxylation sites is 2. The molecule has 2 aromatic carbocycles. The number of nitrogens with zero attached hydrogens (tertiary/aromatic N) is 4. The summed E-state index contributed by atoms with van der Waals surface area (Å²) in [6, 6.07) is 10.9. The van der Waals surface area contributed by atoms with E-state index in [9.17, 15) is 28.0 Å². The van der Waals surface area contributed by atoms with Crippen LogP contribution in [0.15, 0.2) is 53.7 Å². The molecule has 2 unspecified atom stereocenters. The van der Waals surface area contributed by atoms with Crippen LogP contribution in [0.1, 0.15) is 83.0 Å². The number of nitrogens with one attached hydrogen (secondary N) is 3. The molecule has 3 N–H and O–H groups in total. The molecule has 3 aromatic rings. The second-order valence-electron chi connectivity index (χ2n) is 11.0. The Hall–Kier alpha value is -4.94. The Labute approximate surface area is 251 Å². The molecule has 0 spiro atoms. The van der Waals surface area contributed by atoms with Crippen molar-refractivity contribution >= 4 is 46.9 Å². The van der Waals surface area contributed by atoms with Crippen LogP contribution in [0.5, 0.6) is 0 Å². The maximum atomic E-state index is 14.1. The number of imide groups is 2. The third-order valence-electron chi connectivity index (χ3n) is 8.10. The molecule has 4 amide bonds. The fraction of sp³-hybridized carbons (Fsp3) is 0.355. The monoisotopic (exact) mass is 603 g/mol. The predicted molar refractivity (Wildman–Crippen MR) is 158 cm³/mol. The highest BCUT2D eigenvalue weighted by atomic mass is 19.3. The second kappa shape index (κ2) is 12.3. The van der Waals surface area contributed by atoms with Gasteiger partial charge in [-0.1, -0.05) is 25.0 Å². The maximum absolute atomic E-state index is 14.1. The Kier molecular flexibility index (Phi) is 8.18. The molecule has 3 aliphatic heterocycles. The van der Waals surface area contributed by atoms with E-state index in [1.807, 2.05) is 24.3 Å². The first-order valence-electron chi connectivity index (χ1n) is 14.6. The first kappa shape index (κ1) is 29.1. The number of hydrogen-bond acceptors (Lipinski definition) is 8. The molecular formula is C31H31F2N7O4. The fourth-order valence-corrected chi connectivity index (χ4v) is 5.85. The summed E-state index contributed by atoms with van der Waals surface area (Å²) in [6.45, 7) is 0.984. The van der Waals surface area contributed by atoms with Crippen molar-refractivity contribution in [1.82, 2.24) is 20.0 Å². The molecule has 0 saturated carbocycles. The lowest BCUT2D eigenvalue weighted by Crippen LogP contribution is -2.54. The SMILES string of the molecule is O=C1CCC(N2C(=O)c3ccc(NCCCCCCn4ncc(C5C=Nc6ccccc6N5)c4C(F)F)cc3C2=O)C(=O)N1. The van der Waals surface area contributed by atoms with Crippen LogP contribution < -0.4 is 16.0 Å². The molecule has 228 valence electrons. The van der Waals surface area contributed by atoms with Crippen molar-refractivity contribution in [3.8, 4) is 0 Å². The average molecular weight is 604 g/mol. The van der Waals surface area contributed by atoms with Crippen LogP contribution in [-0.4, -0.2) is 57.1 Å². The number of unbranched alkanes of at least 4 members (excludes halogenated alkanes) is 3. The zero-order valence-corrected chi connectivity index (χ0v) is 23.8. The predicted octanol–water partition coefficient (Wildman–Crippen LogP) is 4.76. The highest BCUT2D eigenvalue weighted by Gasteiger charge is 2.44. The van der Waals surface area contributed by atoms with Crippen LogP contribution in [0.4, 0.5) is 25.8 Å². The first-order chi connectivity index (χ1) is 21.3. The van der Waals surface area contributed by atoms with E-state index in [0.717, 1.165) is 35.5 Å². The van der Waals surface area contributed by atoms with Crippen molar-refractivity contribution in [3.63, 3.8) is 0 Å². The van der Waals surface area contributed by atoms with Crippen LogP contribution in [0, 0.1) is 0 Å². The third kappa shape index (κ3) is 5.69. The lowest BCUT2D eigenvalue weighted by molar-refractivity contribution is -0.136. The number of piperidine rings is 1. The fourth-order valence-electron chi connectivity index (χ4n) is 5.85.